The van der Waals surface area contributed by atoms with Gasteiger partial charge >= 0.3 is 6.09 Å². The molecule has 0 heterocycles. The lowest BCUT2D eigenvalue weighted by molar-refractivity contribution is -0.129. The molecule has 198 valence electrons. The maximum atomic E-state index is 13.2. The highest BCUT2D eigenvalue weighted by Gasteiger charge is 2.39. The van der Waals surface area contributed by atoms with Gasteiger partial charge < -0.3 is 15.5 Å². The SMILES string of the molecule is CC(C)(C)N(C(=O)O)[C@@H](CC1CCCCC1)C(=O)NC[C@@H](O)CNS(=O)(=O)c1ccc(F)cc1Cl. The van der Waals surface area contributed by atoms with E-state index in [1.165, 1.54) is 0 Å². The number of hydrogen-bond acceptors (Lipinski definition) is 5. The lowest BCUT2D eigenvalue weighted by Gasteiger charge is -2.40. The molecule has 1 aromatic carbocycles. The van der Waals surface area contributed by atoms with Crippen molar-refractivity contribution in [2.45, 2.75) is 81.9 Å². The molecule has 0 aliphatic heterocycles. The zero-order valence-corrected chi connectivity index (χ0v) is 21.8. The van der Waals surface area contributed by atoms with Crippen molar-refractivity contribution in [2.75, 3.05) is 13.1 Å². The van der Waals surface area contributed by atoms with E-state index in [1.807, 2.05) is 0 Å². The van der Waals surface area contributed by atoms with Gasteiger partial charge in [-0.25, -0.2) is 22.3 Å². The van der Waals surface area contributed by atoms with Gasteiger partial charge in [-0.1, -0.05) is 43.7 Å². The first kappa shape index (κ1) is 29.3. The third-order valence-electron chi connectivity index (χ3n) is 6.03. The number of carbonyl (C=O) groups excluding carboxylic acids is 1. The van der Waals surface area contributed by atoms with Gasteiger partial charge in [-0.05, 0) is 51.3 Å². The largest absolute Gasteiger partial charge is 0.465 e. The van der Waals surface area contributed by atoms with Crippen LogP contribution in [-0.4, -0.2) is 66.3 Å². The monoisotopic (exact) mass is 535 g/mol. The molecule has 1 saturated carbocycles. The summed E-state index contributed by atoms with van der Waals surface area (Å²) >= 11 is 5.81. The topological polar surface area (TPSA) is 136 Å². The lowest BCUT2D eigenvalue weighted by atomic mass is 9.83. The number of carboxylic acid groups (broad SMARTS) is 1. The van der Waals surface area contributed by atoms with Gasteiger partial charge in [-0.3, -0.25) is 9.69 Å². The van der Waals surface area contributed by atoms with Crippen LogP contribution in [0, 0.1) is 11.7 Å². The molecule has 4 N–H and O–H groups in total. The Labute approximate surface area is 211 Å². The van der Waals surface area contributed by atoms with Crippen LogP contribution in [0.1, 0.15) is 59.3 Å². The number of nitrogens with zero attached hydrogens (tertiary/aromatic N) is 1. The van der Waals surface area contributed by atoms with Crippen LogP contribution in [-0.2, 0) is 14.8 Å². The van der Waals surface area contributed by atoms with Crippen molar-refractivity contribution in [3.8, 4) is 0 Å². The molecule has 35 heavy (non-hydrogen) atoms. The molecule has 2 amide bonds. The quantitative estimate of drug-likeness (QED) is 0.363. The third kappa shape index (κ3) is 8.59. The number of benzene rings is 1. The Morgan fingerprint density at radius 2 is 1.83 bits per heavy atom. The van der Waals surface area contributed by atoms with E-state index in [1.54, 1.807) is 20.8 Å². The van der Waals surface area contributed by atoms with Crippen molar-refractivity contribution in [3.63, 3.8) is 0 Å². The minimum Gasteiger partial charge on any atom is -0.465 e. The summed E-state index contributed by atoms with van der Waals surface area (Å²) in [6.07, 6.45) is 2.93. The second-order valence-corrected chi connectivity index (χ2v) is 12.0. The van der Waals surface area contributed by atoms with Crippen molar-refractivity contribution in [1.29, 1.82) is 0 Å². The molecule has 2 rings (SSSR count). The summed E-state index contributed by atoms with van der Waals surface area (Å²) < 4.78 is 40.2. The van der Waals surface area contributed by atoms with Crippen molar-refractivity contribution in [3.05, 3.63) is 29.0 Å². The molecule has 9 nitrogen and oxygen atoms in total. The summed E-state index contributed by atoms with van der Waals surface area (Å²) in [4.78, 5) is 25.9. The molecular weight excluding hydrogens is 501 g/mol. The summed E-state index contributed by atoms with van der Waals surface area (Å²) in [5.41, 5.74) is -0.828. The molecule has 1 aromatic rings. The second kappa shape index (κ2) is 12.3. The van der Waals surface area contributed by atoms with Gasteiger partial charge in [-0.15, -0.1) is 0 Å². The standard InChI is InChI=1S/C23H35ClFN3O6S/c1-23(2,3)28(22(31)32)19(11-15-7-5-4-6-8-15)21(30)26-13-17(29)14-27-35(33,34)20-10-9-16(25)12-18(20)24/h9-10,12,15,17,19,27,29H,4-8,11,13-14H2,1-3H3,(H,26,30)(H,31,32)/t17-,19+/m1/s1. The van der Waals surface area contributed by atoms with Crippen molar-refractivity contribution in [2.24, 2.45) is 5.92 Å². The minimum absolute atomic E-state index is 0.223. The van der Waals surface area contributed by atoms with Crippen LogP contribution in [0.3, 0.4) is 0 Å². The maximum Gasteiger partial charge on any atom is 0.408 e. The number of sulfonamides is 1. The molecule has 0 unspecified atom stereocenters. The average molecular weight is 536 g/mol. The lowest BCUT2D eigenvalue weighted by Crippen LogP contribution is -2.58. The number of hydrogen-bond donors (Lipinski definition) is 4. The molecule has 2 atom stereocenters. The summed E-state index contributed by atoms with van der Waals surface area (Å²) in [7, 11) is -4.13. The van der Waals surface area contributed by atoms with Crippen LogP contribution >= 0.6 is 11.6 Å². The Morgan fingerprint density at radius 3 is 2.37 bits per heavy atom. The van der Waals surface area contributed by atoms with Gasteiger partial charge in [0.2, 0.25) is 15.9 Å². The molecule has 0 radical (unpaired) electrons. The number of nitrogens with one attached hydrogen (secondary N) is 2. The summed E-state index contributed by atoms with van der Waals surface area (Å²) in [6, 6.07) is 1.88. The van der Waals surface area contributed by atoms with E-state index in [2.05, 4.69) is 10.0 Å². The van der Waals surface area contributed by atoms with E-state index in [0.717, 1.165) is 55.2 Å². The first-order chi connectivity index (χ1) is 16.2. The zero-order valence-electron chi connectivity index (χ0n) is 20.3. The minimum atomic E-state index is -4.13. The predicted molar refractivity (Wildman–Crippen MR) is 130 cm³/mol. The normalized spacial score (nSPS) is 17.0. The first-order valence-corrected chi connectivity index (χ1v) is 13.5. The third-order valence-corrected chi connectivity index (χ3v) is 7.94. The highest BCUT2D eigenvalue weighted by atomic mass is 35.5. The van der Waals surface area contributed by atoms with E-state index in [9.17, 15) is 32.6 Å². The molecule has 0 bridgehead atoms. The van der Waals surface area contributed by atoms with Crippen LogP contribution in [0.15, 0.2) is 23.1 Å². The molecule has 12 heteroatoms. The number of aliphatic hydroxyl groups is 1. The summed E-state index contributed by atoms with van der Waals surface area (Å²) in [5.74, 6) is -1.01. The van der Waals surface area contributed by atoms with Crippen molar-refractivity contribution >= 4 is 33.6 Å². The molecule has 1 aliphatic carbocycles. The molecule has 1 fully saturated rings. The number of aliphatic hydroxyl groups excluding tert-OH is 1. The fourth-order valence-electron chi connectivity index (χ4n) is 4.34. The number of halogens is 2. The van der Waals surface area contributed by atoms with Gasteiger partial charge in [0.05, 0.1) is 11.1 Å². The van der Waals surface area contributed by atoms with Crippen LogP contribution in [0.25, 0.3) is 0 Å². The predicted octanol–water partition coefficient (Wildman–Crippen LogP) is 3.35. The Balaban J connectivity index is 2.03. The highest BCUT2D eigenvalue weighted by molar-refractivity contribution is 7.89. The van der Waals surface area contributed by atoms with E-state index in [4.69, 9.17) is 11.6 Å². The molecular formula is C23H35ClFN3O6S. The Morgan fingerprint density at radius 1 is 1.20 bits per heavy atom. The Kier molecular flexibility index (Phi) is 10.3. The number of rotatable bonds is 10. The van der Waals surface area contributed by atoms with E-state index < -0.39 is 52.1 Å². The molecule has 0 aromatic heterocycles. The van der Waals surface area contributed by atoms with Gasteiger partial charge in [-0.2, -0.15) is 0 Å². The van der Waals surface area contributed by atoms with Crippen molar-refractivity contribution < 1.29 is 32.6 Å². The van der Waals surface area contributed by atoms with Crippen LogP contribution in [0.5, 0.6) is 0 Å². The highest BCUT2D eigenvalue weighted by Crippen LogP contribution is 2.31. The van der Waals surface area contributed by atoms with Crippen LogP contribution in [0.4, 0.5) is 9.18 Å². The number of carbonyl (C=O) groups is 2. The second-order valence-electron chi connectivity index (χ2n) is 9.90. The van der Waals surface area contributed by atoms with Gasteiger partial charge in [0, 0.05) is 18.6 Å². The Bertz CT molecular complexity index is 995. The van der Waals surface area contributed by atoms with Crippen LogP contribution in [0.2, 0.25) is 5.02 Å². The molecule has 0 saturated heterocycles. The molecule has 0 spiro atoms. The summed E-state index contributed by atoms with van der Waals surface area (Å²) in [5, 5.41) is 22.4. The Hall–Kier alpha value is -1.95. The molecule has 1 aliphatic rings. The first-order valence-electron chi connectivity index (χ1n) is 11.6. The maximum absolute atomic E-state index is 13.2. The van der Waals surface area contributed by atoms with Gasteiger partial charge in [0.1, 0.15) is 16.8 Å². The van der Waals surface area contributed by atoms with E-state index >= 15 is 0 Å². The number of amides is 2. The van der Waals surface area contributed by atoms with E-state index in [-0.39, 0.29) is 22.4 Å². The average Bonchev–Trinajstić information content (AvgIpc) is 2.75. The fourth-order valence-corrected chi connectivity index (χ4v) is 5.94. The van der Waals surface area contributed by atoms with Gasteiger partial charge in [0.15, 0.2) is 0 Å². The van der Waals surface area contributed by atoms with Crippen LogP contribution < -0.4 is 10.0 Å². The zero-order chi connectivity index (χ0) is 26.4. The van der Waals surface area contributed by atoms with Gasteiger partial charge in [0.25, 0.3) is 0 Å². The summed E-state index contributed by atoms with van der Waals surface area (Å²) in [6.45, 7) is 4.41. The van der Waals surface area contributed by atoms with E-state index in [0.29, 0.717) is 6.42 Å². The van der Waals surface area contributed by atoms with Crippen molar-refractivity contribution in [1.82, 2.24) is 14.9 Å². The smallest absolute Gasteiger partial charge is 0.408 e. The fraction of sp³-hybridized carbons (Fsp3) is 0.652.